The van der Waals surface area contributed by atoms with Crippen molar-refractivity contribution in [1.82, 2.24) is 0 Å². The third kappa shape index (κ3) is 7.21. The van der Waals surface area contributed by atoms with Crippen LogP contribution in [-0.4, -0.2) is 23.1 Å². The number of rotatable bonds is 8. The maximum atomic E-state index is 12.7. The number of esters is 1. The highest BCUT2D eigenvalue weighted by Crippen LogP contribution is 2.32. The van der Waals surface area contributed by atoms with E-state index in [1.807, 2.05) is 12.2 Å². The highest BCUT2D eigenvalue weighted by molar-refractivity contribution is 5.81. The standard InChI is InChI=1S/C21H36O4/c1-7-15(3)18(12-14(2)13-21(4,5)6)25-20(24)17-11-9-8-10-16(17)19(22)23/h8-9,14-18H,7,10-13H2,1-6H3,(H,22,23). The predicted octanol–water partition coefficient (Wildman–Crippen LogP) is 5.07. The first-order chi connectivity index (χ1) is 11.5. The van der Waals surface area contributed by atoms with E-state index in [0.29, 0.717) is 18.8 Å². The zero-order chi connectivity index (χ0) is 19.2. The smallest absolute Gasteiger partial charge is 0.310 e. The Labute approximate surface area is 153 Å². The zero-order valence-corrected chi connectivity index (χ0v) is 16.7. The minimum atomic E-state index is -0.910. The van der Waals surface area contributed by atoms with Crippen molar-refractivity contribution in [2.24, 2.45) is 29.1 Å². The molecule has 1 rings (SSSR count). The molecule has 1 N–H and O–H groups in total. The lowest BCUT2D eigenvalue weighted by Crippen LogP contribution is -2.36. The lowest BCUT2D eigenvalue weighted by molar-refractivity contribution is -0.164. The van der Waals surface area contributed by atoms with Crippen LogP contribution in [0.2, 0.25) is 0 Å². The molecule has 0 fully saturated rings. The van der Waals surface area contributed by atoms with Gasteiger partial charge in [0.25, 0.3) is 0 Å². The largest absolute Gasteiger partial charge is 0.481 e. The molecule has 0 aromatic carbocycles. The number of carboxylic acids is 1. The van der Waals surface area contributed by atoms with Gasteiger partial charge >= 0.3 is 11.9 Å². The molecule has 144 valence electrons. The van der Waals surface area contributed by atoms with Gasteiger partial charge < -0.3 is 9.84 Å². The highest BCUT2D eigenvalue weighted by atomic mass is 16.5. The van der Waals surface area contributed by atoms with E-state index in [1.54, 1.807) is 0 Å². The van der Waals surface area contributed by atoms with Gasteiger partial charge in [0.15, 0.2) is 0 Å². The van der Waals surface area contributed by atoms with Gasteiger partial charge in [0.2, 0.25) is 0 Å². The summed E-state index contributed by atoms with van der Waals surface area (Å²) in [5, 5.41) is 9.38. The third-order valence-corrected chi connectivity index (χ3v) is 5.19. The summed E-state index contributed by atoms with van der Waals surface area (Å²) in [6, 6.07) is 0. The molecule has 1 aliphatic carbocycles. The molecule has 1 aliphatic rings. The first-order valence-corrected chi connectivity index (χ1v) is 9.63. The third-order valence-electron chi connectivity index (χ3n) is 5.19. The first-order valence-electron chi connectivity index (χ1n) is 9.63. The molecule has 0 aromatic heterocycles. The van der Waals surface area contributed by atoms with E-state index in [9.17, 15) is 14.7 Å². The molecular formula is C21H36O4. The molecule has 0 heterocycles. The predicted molar refractivity (Wildman–Crippen MR) is 100 cm³/mol. The molecule has 0 bridgehead atoms. The first kappa shape index (κ1) is 21.7. The summed E-state index contributed by atoms with van der Waals surface area (Å²) in [6.45, 7) is 13.1. The number of aliphatic carboxylic acids is 1. The van der Waals surface area contributed by atoms with Gasteiger partial charge in [-0.3, -0.25) is 9.59 Å². The molecule has 0 amide bonds. The summed E-state index contributed by atoms with van der Waals surface area (Å²) in [6.07, 6.45) is 7.30. The van der Waals surface area contributed by atoms with Crippen LogP contribution in [-0.2, 0) is 14.3 Å². The Morgan fingerprint density at radius 2 is 1.72 bits per heavy atom. The number of ether oxygens (including phenoxy) is 1. The molecule has 4 heteroatoms. The number of hydrogen-bond acceptors (Lipinski definition) is 3. The average Bonchev–Trinajstić information content (AvgIpc) is 2.51. The van der Waals surface area contributed by atoms with Crippen LogP contribution in [0.1, 0.15) is 73.6 Å². The van der Waals surface area contributed by atoms with Crippen molar-refractivity contribution in [1.29, 1.82) is 0 Å². The molecule has 0 saturated carbocycles. The second-order valence-corrected chi connectivity index (χ2v) is 8.96. The molecule has 4 nitrogen and oxygen atoms in total. The normalized spacial score (nSPS) is 24.4. The SMILES string of the molecule is CCC(C)C(CC(C)CC(C)(C)C)OC(=O)C1CC=CCC1C(=O)O. The Morgan fingerprint density at radius 1 is 1.16 bits per heavy atom. The number of hydrogen-bond donors (Lipinski definition) is 1. The number of carbonyl (C=O) groups is 2. The molecule has 5 unspecified atom stereocenters. The maximum absolute atomic E-state index is 12.7. The van der Waals surface area contributed by atoms with E-state index >= 15 is 0 Å². The van der Waals surface area contributed by atoms with Crippen molar-refractivity contribution in [2.45, 2.75) is 79.8 Å². The Balaban J connectivity index is 2.78. The van der Waals surface area contributed by atoms with Crippen LogP contribution in [0.15, 0.2) is 12.2 Å². The minimum Gasteiger partial charge on any atom is -0.481 e. The van der Waals surface area contributed by atoms with E-state index in [-0.39, 0.29) is 23.4 Å². The summed E-state index contributed by atoms with van der Waals surface area (Å²) in [4.78, 5) is 24.1. The van der Waals surface area contributed by atoms with Gasteiger partial charge in [-0.15, -0.1) is 0 Å². The fraction of sp³-hybridized carbons (Fsp3) is 0.810. The van der Waals surface area contributed by atoms with Crippen LogP contribution in [0.4, 0.5) is 0 Å². The van der Waals surface area contributed by atoms with Crippen LogP contribution >= 0.6 is 0 Å². The van der Waals surface area contributed by atoms with Gasteiger partial charge in [0.1, 0.15) is 6.10 Å². The average molecular weight is 353 g/mol. The second kappa shape index (κ2) is 9.40. The summed E-state index contributed by atoms with van der Waals surface area (Å²) >= 11 is 0. The van der Waals surface area contributed by atoms with Crippen molar-refractivity contribution < 1.29 is 19.4 Å². The monoisotopic (exact) mass is 352 g/mol. The molecule has 0 aromatic rings. The van der Waals surface area contributed by atoms with Crippen molar-refractivity contribution in [3.05, 3.63) is 12.2 Å². The molecule has 5 atom stereocenters. The Morgan fingerprint density at radius 3 is 2.20 bits per heavy atom. The van der Waals surface area contributed by atoms with Gasteiger partial charge in [-0.05, 0) is 42.9 Å². The Bertz CT molecular complexity index is 475. The van der Waals surface area contributed by atoms with Crippen molar-refractivity contribution in [3.63, 3.8) is 0 Å². The van der Waals surface area contributed by atoms with Gasteiger partial charge in [-0.1, -0.05) is 60.1 Å². The molecule has 25 heavy (non-hydrogen) atoms. The Hall–Kier alpha value is -1.32. The minimum absolute atomic E-state index is 0.143. The van der Waals surface area contributed by atoms with Crippen LogP contribution in [0.3, 0.4) is 0 Å². The molecule has 0 spiro atoms. The van der Waals surface area contributed by atoms with Gasteiger partial charge in [0.05, 0.1) is 11.8 Å². The van der Waals surface area contributed by atoms with Gasteiger partial charge in [-0.2, -0.15) is 0 Å². The van der Waals surface area contributed by atoms with Crippen LogP contribution in [0, 0.1) is 29.1 Å². The summed E-state index contributed by atoms with van der Waals surface area (Å²) in [7, 11) is 0. The van der Waals surface area contributed by atoms with E-state index in [4.69, 9.17) is 4.74 Å². The molecule has 0 aliphatic heterocycles. The van der Waals surface area contributed by atoms with Crippen molar-refractivity contribution in [2.75, 3.05) is 0 Å². The maximum Gasteiger partial charge on any atom is 0.310 e. The van der Waals surface area contributed by atoms with E-state index in [1.165, 1.54) is 0 Å². The molecule has 0 radical (unpaired) electrons. The zero-order valence-electron chi connectivity index (χ0n) is 16.7. The van der Waals surface area contributed by atoms with Gasteiger partial charge in [-0.25, -0.2) is 0 Å². The van der Waals surface area contributed by atoms with Crippen LogP contribution in [0.5, 0.6) is 0 Å². The lowest BCUT2D eigenvalue weighted by Gasteiger charge is -2.31. The van der Waals surface area contributed by atoms with Gasteiger partial charge in [0, 0.05) is 0 Å². The molecular weight excluding hydrogens is 316 g/mol. The topological polar surface area (TPSA) is 63.6 Å². The summed E-state index contributed by atoms with van der Waals surface area (Å²) in [5.41, 5.74) is 0.242. The van der Waals surface area contributed by atoms with Crippen LogP contribution in [0.25, 0.3) is 0 Å². The summed E-state index contributed by atoms with van der Waals surface area (Å²) < 4.78 is 5.87. The quantitative estimate of drug-likeness (QED) is 0.489. The van der Waals surface area contributed by atoms with E-state index in [0.717, 1.165) is 19.3 Å². The fourth-order valence-corrected chi connectivity index (χ4v) is 3.77. The number of carboxylic acid groups (broad SMARTS) is 1. The number of allylic oxidation sites excluding steroid dienone is 2. The fourth-order valence-electron chi connectivity index (χ4n) is 3.77. The Kier molecular flexibility index (Phi) is 8.17. The number of carbonyl (C=O) groups excluding carboxylic acids is 1. The van der Waals surface area contributed by atoms with Crippen molar-refractivity contribution >= 4 is 11.9 Å². The second-order valence-electron chi connectivity index (χ2n) is 8.96. The van der Waals surface area contributed by atoms with Crippen molar-refractivity contribution in [3.8, 4) is 0 Å². The summed E-state index contributed by atoms with van der Waals surface area (Å²) in [5.74, 6) is -1.76. The lowest BCUT2D eigenvalue weighted by atomic mass is 9.81. The van der Waals surface area contributed by atoms with E-state index < -0.39 is 17.8 Å². The molecule has 0 saturated heterocycles. The van der Waals surface area contributed by atoms with E-state index in [2.05, 4.69) is 41.5 Å². The highest BCUT2D eigenvalue weighted by Gasteiger charge is 2.37. The van der Waals surface area contributed by atoms with Crippen LogP contribution < -0.4 is 0 Å².